The highest BCUT2D eigenvalue weighted by Crippen LogP contribution is 2.22. The SMILES string of the molecule is COc1ccc(C(=O)c2ccncc2Cl)c(F)c1. The minimum Gasteiger partial charge on any atom is -0.497 e. The Morgan fingerprint density at radius 1 is 1.33 bits per heavy atom. The van der Waals surface area contributed by atoms with Crippen molar-refractivity contribution in [2.75, 3.05) is 7.11 Å². The van der Waals surface area contributed by atoms with Crippen LogP contribution in [-0.4, -0.2) is 17.9 Å². The first-order valence-corrected chi connectivity index (χ1v) is 5.49. The van der Waals surface area contributed by atoms with Crippen LogP contribution in [0.15, 0.2) is 36.7 Å². The summed E-state index contributed by atoms with van der Waals surface area (Å²) in [4.78, 5) is 15.9. The molecular formula is C13H9ClFNO2. The molecule has 1 heterocycles. The highest BCUT2D eigenvalue weighted by molar-refractivity contribution is 6.34. The van der Waals surface area contributed by atoms with Gasteiger partial charge in [-0.05, 0) is 18.2 Å². The van der Waals surface area contributed by atoms with Gasteiger partial charge in [0.15, 0.2) is 5.78 Å². The number of carbonyl (C=O) groups excluding carboxylic acids is 1. The van der Waals surface area contributed by atoms with Crippen LogP contribution in [0.3, 0.4) is 0 Å². The highest BCUT2D eigenvalue weighted by Gasteiger charge is 2.17. The molecule has 0 aliphatic rings. The molecule has 0 N–H and O–H groups in total. The molecule has 5 heteroatoms. The van der Waals surface area contributed by atoms with Crippen LogP contribution in [0.4, 0.5) is 4.39 Å². The molecule has 0 radical (unpaired) electrons. The molecule has 3 nitrogen and oxygen atoms in total. The molecule has 92 valence electrons. The predicted molar refractivity (Wildman–Crippen MR) is 65.6 cm³/mol. The number of methoxy groups -OCH3 is 1. The molecule has 0 spiro atoms. The van der Waals surface area contributed by atoms with Crippen LogP contribution in [-0.2, 0) is 0 Å². The molecule has 0 aliphatic carbocycles. The molecule has 1 aromatic heterocycles. The lowest BCUT2D eigenvalue weighted by molar-refractivity contribution is 0.103. The lowest BCUT2D eigenvalue weighted by Crippen LogP contribution is -2.05. The van der Waals surface area contributed by atoms with Crippen LogP contribution in [0, 0.1) is 5.82 Å². The lowest BCUT2D eigenvalue weighted by atomic mass is 10.0. The Morgan fingerprint density at radius 2 is 2.11 bits per heavy atom. The number of aromatic nitrogens is 1. The second-order valence-electron chi connectivity index (χ2n) is 3.53. The zero-order chi connectivity index (χ0) is 13.1. The molecule has 1 aromatic carbocycles. The van der Waals surface area contributed by atoms with E-state index in [2.05, 4.69) is 4.98 Å². The van der Waals surface area contributed by atoms with Crippen molar-refractivity contribution in [2.45, 2.75) is 0 Å². The third-order valence-corrected chi connectivity index (χ3v) is 2.74. The Labute approximate surface area is 108 Å². The Hall–Kier alpha value is -1.94. The first-order valence-electron chi connectivity index (χ1n) is 5.11. The molecule has 0 unspecified atom stereocenters. The van der Waals surface area contributed by atoms with Crippen molar-refractivity contribution in [2.24, 2.45) is 0 Å². The average molecular weight is 266 g/mol. The van der Waals surface area contributed by atoms with Gasteiger partial charge in [0.05, 0.1) is 17.7 Å². The van der Waals surface area contributed by atoms with Crippen molar-refractivity contribution in [3.63, 3.8) is 0 Å². The summed E-state index contributed by atoms with van der Waals surface area (Å²) >= 11 is 5.85. The number of ether oxygens (including phenoxy) is 1. The van der Waals surface area contributed by atoms with Gasteiger partial charge in [-0.3, -0.25) is 9.78 Å². The maximum absolute atomic E-state index is 13.7. The number of pyridine rings is 1. The van der Waals surface area contributed by atoms with Crippen molar-refractivity contribution >= 4 is 17.4 Å². The Bertz CT molecular complexity index is 601. The van der Waals surface area contributed by atoms with Gasteiger partial charge >= 0.3 is 0 Å². The molecule has 0 saturated carbocycles. The number of hydrogen-bond acceptors (Lipinski definition) is 3. The maximum atomic E-state index is 13.7. The zero-order valence-corrected chi connectivity index (χ0v) is 10.2. The topological polar surface area (TPSA) is 39.2 Å². The normalized spacial score (nSPS) is 10.2. The van der Waals surface area contributed by atoms with Gasteiger partial charge in [0.1, 0.15) is 11.6 Å². The van der Waals surface area contributed by atoms with E-state index in [1.165, 1.54) is 37.7 Å². The number of carbonyl (C=O) groups is 1. The standard InChI is InChI=1S/C13H9ClFNO2/c1-18-8-2-3-10(12(15)6-8)13(17)9-4-5-16-7-11(9)14/h2-7H,1H3. The summed E-state index contributed by atoms with van der Waals surface area (Å²) in [5.41, 5.74) is 0.166. The number of rotatable bonds is 3. The largest absolute Gasteiger partial charge is 0.497 e. The summed E-state index contributed by atoms with van der Waals surface area (Å²) in [6, 6.07) is 5.50. The third-order valence-electron chi connectivity index (χ3n) is 2.44. The molecular weight excluding hydrogens is 257 g/mol. The van der Waals surface area contributed by atoms with Crippen molar-refractivity contribution in [1.29, 1.82) is 0 Å². The van der Waals surface area contributed by atoms with Crippen LogP contribution < -0.4 is 4.74 Å². The second-order valence-corrected chi connectivity index (χ2v) is 3.94. The van der Waals surface area contributed by atoms with Crippen molar-refractivity contribution in [3.05, 3.63) is 58.6 Å². The van der Waals surface area contributed by atoms with Gasteiger partial charge < -0.3 is 4.74 Å². The molecule has 0 aliphatic heterocycles. The highest BCUT2D eigenvalue weighted by atomic mass is 35.5. The summed E-state index contributed by atoms with van der Waals surface area (Å²) in [7, 11) is 1.43. The van der Waals surface area contributed by atoms with Crippen LogP contribution in [0.25, 0.3) is 0 Å². The fraction of sp³-hybridized carbons (Fsp3) is 0.0769. The predicted octanol–water partition coefficient (Wildman–Crippen LogP) is 3.11. The van der Waals surface area contributed by atoms with Crippen molar-refractivity contribution < 1.29 is 13.9 Å². The quantitative estimate of drug-likeness (QED) is 0.801. The summed E-state index contributed by atoms with van der Waals surface area (Å²) in [6.07, 6.45) is 2.77. The van der Waals surface area contributed by atoms with E-state index in [-0.39, 0.29) is 16.1 Å². The van der Waals surface area contributed by atoms with Crippen LogP contribution in [0.1, 0.15) is 15.9 Å². The van der Waals surface area contributed by atoms with E-state index < -0.39 is 11.6 Å². The third kappa shape index (κ3) is 2.33. The van der Waals surface area contributed by atoms with Crippen LogP contribution in [0.2, 0.25) is 5.02 Å². The summed E-state index contributed by atoms with van der Waals surface area (Å²) in [5.74, 6) is -0.778. The van der Waals surface area contributed by atoms with E-state index in [9.17, 15) is 9.18 Å². The van der Waals surface area contributed by atoms with Gasteiger partial charge in [0, 0.05) is 24.0 Å². The number of halogens is 2. The van der Waals surface area contributed by atoms with Crippen molar-refractivity contribution in [1.82, 2.24) is 4.98 Å². The van der Waals surface area contributed by atoms with Crippen molar-refractivity contribution in [3.8, 4) is 5.75 Å². The Balaban J connectivity index is 2.44. The second kappa shape index (κ2) is 5.14. The molecule has 2 rings (SSSR count). The number of nitrogens with zero attached hydrogens (tertiary/aromatic N) is 1. The van der Waals surface area contributed by atoms with Gasteiger partial charge in [-0.1, -0.05) is 11.6 Å². The molecule has 0 amide bonds. The Kier molecular flexibility index (Phi) is 3.58. The molecule has 0 atom stereocenters. The van der Waals surface area contributed by atoms with Gasteiger partial charge in [-0.15, -0.1) is 0 Å². The lowest BCUT2D eigenvalue weighted by Gasteiger charge is -2.06. The summed E-state index contributed by atoms with van der Waals surface area (Å²) in [5, 5.41) is 0.192. The molecule has 0 bridgehead atoms. The first-order chi connectivity index (χ1) is 8.63. The molecule has 0 fully saturated rings. The summed E-state index contributed by atoms with van der Waals surface area (Å²) < 4.78 is 18.6. The monoisotopic (exact) mass is 265 g/mol. The van der Waals surface area contributed by atoms with E-state index >= 15 is 0 Å². The molecule has 18 heavy (non-hydrogen) atoms. The number of hydrogen-bond donors (Lipinski definition) is 0. The van der Waals surface area contributed by atoms with Gasteiger partial charge in [0.25, 0.3) is 0 Å². The average Bonchev–Trinajstić information content (AvgIpc) is 2.38. The van der Waals surface area contributed by atoms with Crippen LogP contribution >= 0.6 is 11.6 Å². The number of benzene rings is 1. The van der Waals surface area contributed by atoms with E-state index in [1.54, 1.807) is 0 Å². The van der Waals surface area contributed by atoms with Gasteiger partial charge in [-0.2, -0.15) is 0 Å². The minimum absolute atomic E-state index is 0.0519. The number of ketones is 1. The van der Waals surface area contributed by atoms with E-state index in [0.29, 0.717) is 5.75 Å². The molecule has 0 saturated heterocycles. The smallest absolute Gasteiger partial charge is 0.197 e. The van der Waals surface area contributed by atoms with Gasteiger partial charge in [-0.25, -0.2) is 4.39 Å². The fourth-order valence-electron chi connectivity index (χ4n) is 1.51. The van der Waals surface area contributed by atoms with E-state index in [4.69, 9.17) is 16.3 Å². The fourth-order valence-corrected chi connectivity index (χ4v) is 1.72. The maximum Gasteiger partial charge on any atom is 0.197 e. The van der Waals surface area contributed by atoms with E-state index in [1.807, 2.05) is 0 Å². The van der Waals surface area contributed by atoms with Gasteiger partial charge in [0.2, 0.25) is 0 Å². The first kappa shape index (κ1) is 12.5. The minimum atomic E-state index is -0.646. The zero-order valence-electron chi connectivity index (χ0n) is 9.48. The summed E-state index contributed by atoms with van der Waals surface area (Å²) in [6.45, 7) is 0. The van der Waals surface area contributed by atoms with E-state index in [0.717, 1.165) is 6.07 Å². The Morgan fingerprint density at radius 3 is 2.72 bits per heavy atom. The van der Waals surface area contributed by atoms with Crippen LogP contribution in [0.5, 0.6) is 5.75 Å². The molecule has 2 aromatic rings.